The maximum Gasteiger partial charge on any atom is 0.335 e. The Hall–Kier alpha value is -2.92. The molecule has 2 saturated heterocycles. The minimum Gasteiger partial charge on any atom is -0.496 e. The van der Waals surface area contributed by atoms with Crippen LogP contribution in [0, 0.1) is 12.3 Å². The van der Waals surface area contributed by atoms with Crippen LogP contribution in [-0.4, -0.2) is 67.5 Å². The number of likely N-dealkylation sites (tertiary alicyclic amines) is 1. The van der Waals surface area contributed by atoms with E-state index < -0.39 is 16.2 Å². The fourth-order valence-corrected chi connectivity index (χ4v) is 6.96. The SMILES string of the molecule is CNS(=O)(=O)N1CC2(CCN(Cc3c(OC)cc(C)c4[nH]ccc34)C(c3ccc(C(=O)O)cc3)C2)C1. The zero-order chi connectivity index (χ0) is 25.7. The highest BCUT2D eigenvalue weighted by Gasteiger charge is 2.51. The molecule has 2 fully saturated rings. The Kier molecular flexibility index (Phi) is 6.32. The zero-order valence-corrected chi connectivity index (χ0v) is 21.6. The highest BCUT2D eigenvalue weighted by Crippen LogP contribution is 2.49. The standard InChI is InChI=1S/C26H32N4O5S/c1-17-12-23(35-3)21(20-8-10-28-24(17)20)14-29-11-9-26(15-30(16-26)36(33,34)27-2)13-22(29)18-4-6-19(7-5-18)25(31)32/h4-8,10,12,22,27-28H,9,11,13-16H2,1-3H3,(H,31,32). The summed E-state index contributed by atoms with van der Waals surface area (Å²) in [5.74, 6) is -0.112. The molecule has 3 heterocycles. The van der Waals surface area contributed by atoms with Gasteiger partial charge in [0.15, 0.2) is 0 Å². The van der Waals surface area contributed by atoms with Gasteiger partial charge in [0.25, 0.3) is 10.2 Å². The van der Waals surface area contributed by atoms with Gasteiger partial charge in [-0.1, -0.05) is 12.1 Å². The van der Waals surface area contributed by atoms with Gasteiger partial charge in [-0.15, -0.1) is 0 Å². The smallest absolute Gasteiger partial charge is 0.335 e. The molecule has 2 aliphatic heterocycles. The Bertz CT molecular complexity index is 1390. The van der Waals surface area contributed by atoms with E-state index in [1.54, 1.807) is 19.2 Å². The van der Waals surface area contributed by atoms with Gasteiger partial charge < -0.3 is 14.8 Å². The molecule has 3 aromatic rings. The lowest BCUT2D eigenvalue weighted by molar-refractivity contribution is -0.0334. The maximum absolute atomic E-state index is 12.3. The summed E-state index contributed by atoms with van der Waals surface area (Å²) in [5.41, 5.74) is 4.50. The number of hydrogen-bond acceptors (Lipinski definition) is 5. The van der Waals surface area contributed by atoms with Crippen molar-refractivity contribution in [2.75, 3.05) is 33.8 Å². The van der Waals surface area contributed by atoms with E-state index in [4.69, 9.17) is 4.74 Å². The number of carboxylic acids is 1. The lowest BCUT2D eigenvalue weighted by atomic mass is 9.69. The van der Waals surface area contributed by atoms with Gasteiger partial charge in [-0.3, -0.25) is 4.90 Å². The summed E-state index contributed by atoms with van der Waals surface area (Å²) in [6.45, 7) is 4.50. The lowest BCUT2D eigenvalue weighted by Crippen LogP contribution is -2.63. The van der Waals surface area contributed by atoms with Crippen LogP contribution in [0.2, 0.25) is 0 Å². The second-order valence-corrected chi connectivity index (χ2v) is 11.9. The number of hydrogen-bond donors (Lipinski definition) is 3. The third-order valence-corrected chi connectivity index (χ3v) is 9.31. The van der Waals surface area contributed by atoms with E-state index in [1.807, 2.05) is 18.3 Å². The van der Waals surface area contributed by atoms with Crippen LogP contribution in [0.5, 0.6) is 5.75 Å². The average molecular weight is 513 g/mol. The number of methoxy groups -OCH3 is 1. The number of carbonyl (C=O) groups is 1. The molecule has 192 valence electrons. The summed E-state index contributed by atoms with van der Waals surface area (Å²) in [5, 5.41) is 10.5. The van der Waals surface area contributed by atoms with Gasteiger partial charge in [-0.05, 0) is 61.7 Å². The number of benzene rings is 2. The van der Waals surface area contributed by atoms with E-state index in [0.29, 0.717) is 19.6 Å². The topological polar surface area (TPSA) is 115 Å². The predicted molar refractivity (Wildman–Crippen MR) is 137 cm³/mol. The molecule has 1 aromatic heterocycles. The van der Waals surface area contributed by atoms with Gasteiger partial charge >= 0.3 is 5.97 Å². The number of aromatic carboxylic acids is 1. The van der Waals surface area contributed by atoms with Gasteiger partial charge in [0, 0.05) is 60.8 Å². The summed E-state index contributed by atoms with van der Waals surface area (Å²) < 4.78 is 34.3. The Morgan fingerprint density at radius 3 is 2.61 bits per heavy atom. The van der Waals surface area contributed by atoms with E-state index in [2.05, 4.69) is 33.7 Å². The number of ether oxygens (including phenoxy) is 1. The van der Waals surface area contributed by atoms with Crippen LogP contribution in [-0.2, 0) is 16.8 Å². The monoisotopic (exact) mass is 512 g/mol. The molecule has 1 unspecified atom stereocenters. The van der Waals surface area contributed by atoms with Crippen molar-refractivity contribution in [2.24, 2.45) is 5.41 Å². The molecule has 5 rings (SSSR count). The number of carboxylic acid groups (broad SMARTS) is 1. The van der Waals surface area contributed by atoms with E-state index in [-0.39, 0.29) is 17.0 Å². The first-order chi connectivity index (χ1) is 17.2. The molecule has 3 N–H and O–H groups in total. The van der Waals surface area contributed by atoms with Crippen molar-refractivity contribution < 1.29 is 23.1 Å². The largest absolute Gasteiger partial charge is 0.496 e. The van der Waals surface area contributed by atoms with Gasteiger partial charge in [0.05, 0.1) is 12.7 Å². The van der Waals surface area contributed by atoms with Gasteiger partial charge in [-0.25, -0.2) is 9.52 Å². The summed E-state index contributed by atoms with van der Waals surface area (Å²) in [4.78, 5) is 17.2. The minimum absolute atomic E-state index is 0.0148. The van der Waals surface area contributed by atoms with Crippen LogP contribution in [0.15, 0.2) is 42.6 Å². The Morgan fingerprint density at radius 2 is 1.97 bits per heavy atom. The minimum atomic E-state index is -3.44. The van der Waals surface area contributed by atoms with Crippen LogP contribution >= 0.6 is 0 Å². The van der Waals surface area contributed by atoms with Crippen molar-refractivity contribution in [1.82, 2.24) is 18.9 Å². The molecule has 0 saturated carbocycles. The Balaban J connectivity index is 1.48. The van der Waals surface area contributed by atoms with Crippen LogP contribution in [0.4, 0.5) is 0 Å². The summed E-state index contributed by atoms with van der Waals surface area (Å²) >= 11 is 0. The number of aromatic nitrogens is 1. The first-order valence-corrected chi connectivity index (χ1v) is 13.5. The second-order valence-electron chi connectivity index (χ2n) is 9.99. The first-order valence-electron chi connectivity index (χ1n) is 12.1. The molecule has 10 heteroatoms. The van der Waals surface area contributed by atoms with Crippen LogP contribution < -0.4 is 9.46 Å². The molecule has 1 spiro atoms. The van der Waals surface area contributed by atoms with E-state index in [1.165, 1.54) is 11.4 Å². The molecule has 0 amide bonds. The third kappa shape index (κ3) is 4.28. The molecule has 2 aromatic carbocycles. The zero-order valence-electron chi connectivity index (χ0n) is 20.7. The van der Waals surface area contributed by atoms with E-state index in [9.17, 15) is 18.3 Å². The van der Waals surface area contributed by atoms with Crippen molar-refractivity contribution in [2.45, 2.75) is 32.4 Å². The van der Waals surface area contributed by atoms with Crippen LogP contribution in [0.3, 0.4) is 0 Å². The molecular weight excluding hydrogens is 480 g/mol. The highest BCUT2D eigenvalue weighted by molar-refractivity contribution is 7.87. The van der Waals surface area contributed by atoms with Gasteiger partial charge in [-0.2, -0.15) is 12.7 Å². The number of aryl methyl sites for hydroxylation is 1. The predicted octanol–water partition coefficient (Wildman–Crippen LogP) is 3.29. The van der Waals surface area contributed by atoms with Gasteiger partial charge in [0.1, 0.15) is 5.75 Å². The van der Waals surface area contributed by atoms with Crippen molar-refractivity contribution >= 4 is 27.1 Å². The molecule has 0 aliphatic carbocycles. The summed E-state index contributed by atoms with van der Waals surface area (Å²) in [7, 11) is -0.316. The molecule has 2 aliphatic rings. The average Bonchev–Trinajstić information content (AvgIpc) is 3.35. The third-order valence-electron chi connectivity index (χ3n) is 7.85. The van der Waals surface area contributed by atoms with E-state index >= 15 is 0 Å². The summed E-state index contributed by atoms with van der Waals surface area (Å²) in [6, 6.07) is 11.2. The number of nitrogens with one attached hydrogen (secondary N) is 2. The van der Waals surface area contributed by atoms with Crippen LogP contribution in [0.25, 0.3) is 10.9 Å². The van der Waals surface area contributed by atoms with Crippen molar-refractivity contribution in [3.8, 4) is 5.75 Å². The molecule has 0 radical (unpaired) electrons. The van der Waals surface area contributed by atoms with Crippen molar-refractivity contribution in [3.05, 3.63) is 64.8 Å². The van der Waals surface area contributed by atoms with Crippen LogP contribution in [0.1, 0.15) is 45.9 Å². The maximum atomic E-state index is 12.3. The molecular formula is C26H32N4O5S. The quantitative estimate of drug-likeness (QED) is 0.448. The number of aromatic amines is 1. The molecule has 0 bridgehead atoms. The number of piperidine rings is 1. The first kappa shape index (κ1) is 24.8. The highest BCUT2D eigenvalue weighted by atomic mass is 32.2. The second kappa shape index (κ2) is 9.19. The molecule has 9 nitrogen and oxygen atoms in total. The normalized spacial score (nSPS) is 20.5. The molecule has 1 atom stereocenters. The van der Waals surface area contributed by atoms with Crippen molar-refractivity contribution in [3.63, 3.8) is 0 Å². The number of H-pyrrole nitrogens is 1. The molecule has 36 heavy (non-hydrogen) atoms. The number of nitrogens with zero attached hydrogens (tertiary/aromatic N) is 2. The Labute approximate surface area is 211 Å². The van der Waals surface area contributed by atoms with Crippen molar-refractivity contribution in [1.29, 1.82) is 0 Å². The lowest BCUT2D eigenvalue weighted by Gasteiger charge is -2.55. The fourth-order valence-electron chi connectivity index (χ4n) is 5.82. The number of fused-ring (bicyclic) bond motifs is 1. The fraction of sp³-hybridized carbons (Fsp3) is 0.423. The summed E-state index contributed by atoms with van der Waals surface area (Å²) in [6.07, 6.45) is 3.62. The van der Waals surface area contributed by atoms with Gasteiger partial charge in [0.2, 0.25) is 0 Å². The number of rotatable bonds is 7. The Morgan fingerprint density at radius 1 is 1.25 bits per heavy atom. The van der Waals surface area contributed by atoms with E-state index in [0.717, 1.165) is 52.7 Å².